The van der Waals surface area contributed by atoms with E-state index in [2.05, 4.69) is 5.32 Å². The van der Waals surface area contributed by atoms with Gasteiger partial charge in [-0.1, -0.05) is 37.3 Å². The van der Waals surface area contributed by atoms with Crippen LogP contribution in [0.3, 0.4) is 0 Å². The van der Waals surface area contributed by atoms with Crippen molar-refractivity contribution in [2.45, 2.75) is 19.4 Å². The van der Waals surface area contributed by atoms with Crippen molar-refractivity contribution < 1.29 is 9.90 Å². The largest absolute Gasteiger partial charge is 0.396 e. The molecular weight excluding hydrogens is 272 g/mol. The highest BCUT2D eigenvalue weighted by molar-refractivity contribution is 7.99. The Morgan fingerprint density at radius 2 is 2.05 bits per heavy atom. The topological polar surface area (TPSA) is 75.3 Å². The Labute approximate surface area is 125 Å². The number of rotatable bonds is 9. The van der Waals surface area contributed by atoms with Gasteiger partial charge in [-0.25, -0.2) is 0 Å². The molecule has 0 radical (unpaired) electrons. The van der Waals surface area contributed by atoms with E-state index in [0.717, 1.165) is 23.5 Å². The predicted molar refractivity (Wildman–Crippen MR) is 84.6 cm³/mol. The predicted octanol–water partition coefficient (Wildman–Crippen LogP) is 1.55. The lowest BCUT2D eigenvalue weighted by molar-refractivity contribution is -0.125. The summed E-state index contributed by atoms with van der Waals surface area (Å²) in [5.74, 6) is 1.52. The molecule has 0 aliphatic rings. The summed E-state index contributed by atoms with van der Waals surface area (Å²) in [6, 6.07) is 9.40. The van der Waals surface area contributed by atoms with Gasteiger partial charge in [0.15, 0.2) is 0 Å². The molecule has 0 aliphatic carbocycles. The molecule has 5 heteroatoms. The lowest BCUT2D eigenvalue weighted by Crippen LogP contribution is -2.36. The second-order valence-electron chi connectivity index (χ2n) is 4.71. The quantitative estimate of drug-likeness (QED) is 0.604. The van der Waals surface area contributed by atoms with Crippen LogP contribution in [0, 0.1) is 5.92 Å². The smallest absolute Gasteiger partial charge is 0.224 e. The lowest BCUT2D eigenvalue weighted by Gasteiger charge is -2.19. The van der Waals surface area contributed by atoms with Gasteiger partial charge in [-0.15, -0.1) is 0 Å². The highest BCUT2D eigenvalue weighted by atomic mass is 32.2. The Morgan fingerprint density at radius 1 is 1.35 bits per heavy atom. The fourth-order valence-electron chi connectivity index (χ4n) is 1.80. The number of hydrogen-bond acceptors (Lipinski definition) is 4. The molecule has 0 fully saturated rings. The van der Waals surface area contributed by atoms with Crippen LogP contribution in [-0.4, -0.2) is 35.7 Å². The van der Waals surface area contributed by atoms with Crippen molar-refractivity contribution in [1.82, 2.24) is 5.32 Å². The maximum atomic E-state index is 12.0. The number of thioether (sulfide) groups is 1. The number of amides is 1. The first-order valence-corrected chi connectivity index (χ1v) is 8.09. The molecular formula is C15H24N2O2S. The SMILES string of the molecule is CC(C(=O)NCCSCCCO)C(N)c1ccccc1. The molecule has 2 unspecified atom stereocenters. The van der Waals surface area contributed by atoms with Crippen LogP contribution in [0.2, 0.25) is 0 Å². The summed E-state index contributed by atoms with van der Waals surface area (Å²) in [5.41, 5.74) is 7.09. The molecule has 4 nitrogen and oxygen atoms in total. The molecule has 0 saturated carbocycles. The summed E-state index contributed by atoms with van der Waals surface area (Å²) in [6.07, 6.45) is 0.800. The minimum absolute atomic E-state index is 0.0101. The summed E-state index contributed by atoms with van der Waals surface area (Å²) >= 11 is 1.73. The fourth-order valence-corrected chi connectivity index (χ4v) is 2.59. The van der Waals surface area contributed by atoms with E-state index in [1.807, 2.05) is 37.3 Å². The van der Waals surface area contributed by atoms with Gasteiger partial charge >= 0.3 is 0 Å². The molecule has 1 aromatic carbocycles. The third-order valence-electron chi connectivity index (χ3n) is 3.13. The molecule has 0 spiro atoms. The Morgan fingerprint density at radius 3 is 2.70 bits per heavy atom. The highest BCUT2D eigenvalue weighted by Crippen LogP contribution is 2.18. The summed E-state index contributed by atoms with van der Waals surface area (Å²) in [7, 11) is 0. The molecule has 4 N–H and O–H groups in total. The third-order valence-corrected chi connectivity index (χ3v) is 4.20. The molecule has 112 valence electrons. The first-order chi connectivity index (χ1) is 9.66. The van der Waals surface area contributed by atoms with Crippen LogP contribution in [0.15, 0.2) is 30.3 Å². The molecule has 20 heavy (non-hydrogen) atoms. The number of aliphatic hydroxyl groups excluding tert-OH is 1. The number of hydrogen-bond donors (Lipinski definition) is 3. The number of nitrogens with one attached hydrogen (secondary N) is 1. The van der Waals surface area contributed by atoms with E-state index in [-0.39, 0.29) is 24.5 Å². The first kappa shape index (κ1) is 17.0. The summed E-state index contributed by atoms with van der Waals surface area (Å²) in [4.78, 5) is 12.0. The van der Waals surface area contributed by atoms with E-state index in [0.29, 0.717) is 6.54 Å². The summed E-state index contributed by atoms with van der Waals surface area (Å²) in [6.45, 7) is 2.72. The van der Waals surface area contributed by atoms with Crippen LogP contribution in [0.1, 0.15) is 24.9 Å². The zero-order valence-electron chi connectivity index (χ0n) is 11.9. The standard InChI is InChI=1S/C15H24N2O2S/c1-12(14(16)13-6-3-2-4-7-13)15(19)17-8-11-20-10-5-9-18/h2-4,6-7,12,14,18H,5,8-11,16H2,1H3,(H,17,19). The van der Waals surface area contributed by atoms with E-state index in [4.69, 9.17) is 10.8 Å². The van der Waals surface area contributed by atoms with E-state index >= 15 is 0 Å². The summed E-state index contributed by atoms with van der Waals surface area (Å²) < 4.78 is 0. The molecule has 1 rings (SSSR count). The average Bonchev–Trinajstić information content (AvgIpc) is 2.50. The zero-order valence-corrected chi connectivity index (χ0v) is 12.7. The molecule has 0 saturated heterocycles. The minimum atomic E-state index is -0.279. The maximum Gasteiger partial charge on any atom is 0.224 e. The van der Waals surface area contributed by atoms with Crippen molar-refractivity contribution >= 4 is 17.7 Å². The van der Waals surface area contributed by atoms with E-state index in [1.54, 1.807) is 11.8 Å². The van der Waals surface area contributed by atoms with Gasteiger partial charge < -0.3 is 16.2 Å². The molecule has 0 aliphatic heterocycles. The van der Waals surface area contributed by atoms with Crippen molar-refractivity contribution in [1.29, 1.82) is 0 Å². The van der Waals surface area contributed by atoms with Crippen molar-refractivity contribution in [3.05, 3.63) is 35.9 Å². The normalized spacial score (nSPS) is 13.8. The van der Waals surface area contributed by atoms with Crippen LogP contribution in [0.5, 0.6) is 0 Å². The van der Waals surface area contributed by atoms with Gasteiger partial charge in [0.1, 0.15) is 0 Å². The number of benzene rings is 1. The van der Waals surface area contributed by atoms with Crippen molar-refractivity contribution in [3.8, 4) is 0 Å². The number of carbonyl (C=O) groups excluding carboxylic acids is 1. The van der Waals surface area contributed by atoms with Crippen molar-refractivity contribution in [2.75, 3.05) is 24.7 Å². The fraction of sp³-hybridized carbons (Fsp3) is 0.533. The number of nitrogens with two attached hydrogens (primary N) is 1. The molecule has 1 aromatic rings. The van der Waals surface area contributed by atoms with Crippen LogP contribution >= 0.6 is 11.8 Å². The van der Waals surface area contributed by atoms with Gasteiger partial charge in [0.05, 0.1) is 5.92 Å². The molecule has 0 aromatic heterocycles. The Bertz CT molecular complexity index is 387. The molecule has 2 atom stereocenters. The third kappa shape index (κ3) is 5.94. The maximum absolute atomic E-state index is 12.0. The summed E-state index contributed by atoms with van der Waals surface area (Å²) in [5, 5.41) is 11.6. The van der Waals surface area contributed by atoms with Gasteiger partial charge in [-0.2, -0.15) is 11.8 Å². The Hall–Kier alpha value is -1.04. The van der Waals surface area contributed by atoms with E-state index < -0.39 is 0 Å². The first-order valence-electron chi connectivity index (χ1n) is 6.93. The van der Waals surface area contributed by atoms with Gasteiger partial charge in [0.25, 0.3) is 0 Å². The molecule has 1 amide bonds. The van der Waals surface area contributed by atoms with Gasteiger partial charge in [-0.3, -0.25) is 4.79 Å². The monoisotopic (exact) mass is 296 g/mol. The number of aliphatic hydroxyl groups is 1. The highest BCUT2D eigenvalue weighted by Gasteiger charge is 2.21. The second-order valence-corrected chi connectivity index (χ2v) is 5.93. The van der Waals surface area contributed by atoms with Crippen molar-refractivity contribution in [2.24, 2.45) is 11.7 Å². The van der Waals surface area contributed by atoms with Gasteiger partial charge in [0.2, 0.25) is 5.91 Å². The average molecular weight is 296 g/mol. The van der Waals surface area contributed by atoms with Crippen molar-refractivity contribution in [3.63, 3.8) is 0 Å². The van der Waals surface area contributed by atoms with Gasteiger partial charge in [-0.05, 0) is 17.7 Å². The Balaban J connectivity index is 2.28. The van der Waals surface area contributed by atoms with Crippen LogP contribution in [0.25, 0.3) is 0 Å². The minimum Gasteiger partial charge on any atom is -0.396 e. The van der Waals surface area contributed by atoms with Crippen LogP contribution < -0.4 is 11.1 Å². The molecule has 0 bridgehead atoms. The number of carbonyl (C=O) groups is 1. The lowest BCUT2D eigenvalue weighted by atomic mass is 9.95. The van der Waals surface area contributed by atoms with Crippen LogP contribution in [-0.2, 0) is 4.79 Å². The molecule has 0 heterocycles. The zero-order chi connectivity index (χ0) is 14.8. The van der Waals surface area contributed by atoms with Crippen LogP contribution in [0.4, 0.5) is 0 Å². The Kier molecular flexibility index (Phi) is 8.34. The van der Waals surface area contributed by atoms with Gasteiger partial charge in [0, 0.05) is 24.9 Å². The second kappa shape index (κ2) is 9.80. The van der Waals surface area contributed by atoms with E-state index in [9.17, 15) is 4.79 Å². The van der Waals surface area contributed by atoms with E-state index in [1.165, 1.54) is 0 Å².